The molecule has 0 saturated heterocycles. The summed E-state index contributed by atoms with van der Waals surface area (Å²) < 4.78 is 39.8. The van der Waals surface area contributed by atoms with Crippen molar-refractivity contribution in [2.75, 3.05) is 11.9 Å². The number of halogens is 3. The third kappa shape index (κ3) is 5.18. The van der Waals surface area contributed by atoms with Crippen LogP contribution in [0.2, 0.25) is 0 Å². The molecule has 0 aliphatic heterocycles. The third-order valence-electron chi connectivity index (χ3n) is 6.16. The summed E-state index contributed by atoms with van der Waals surface area (Å²) in [5.41, 5.74) is 5.31. The Labute approximate surface area is 200 Å². The Morgan fingerprint density at radius 2 is 1.89 bits per heavy atom. The van der Waals surface area contributed by atoms with Gasteiger partial charge in [-0.3, -0.25) is 9.78 Å². The molecular weight excluding hydrogens is 455 g/mol. The van der Waals surface area contributed by atoms with Crippen LogP contribution in [0.25, 0.3) is 28.2 Å². The quantitative estimate of drug-likeness (QED) is 0.309. The van der Waals surface area contributed by atoms with E-state index in [4.69, 9.17) is 5.10 Å². The first kappa shape index (κ1) is 23.0. The maximum atomic E-state index is 12.7. The van der Waals surface area contributed by atoms with E-state index in [1.165, 1.54) is 0 Å². The molecule has 4 aromatic rings. The highest BCUT2D eigenvalue weighted by Crippen LogP contribution is 2.34. The van der Waals surface area contributed by atoms with Crippen LogP contribution in [0.5, 0.6) is 0 Å². The molecule has 0 radical (unpaired) electrons. The number of ketones is 1. The van der Waals surface area contributed by atoms with Gasteiger partial charge in [0.2, 0.25) is 0 Å². The fourth-order valence-electron chi connectivity index (χ4n) is 4.13. The van der Waals surface area contributed by atoms with Crippen LogP contribution in [-0.2, 0) is 0 Å². The number of imidazole rings is 1. The predicted molar refractivity (Wildman–Crippen MR) is 127 cm³/mol. The molecule has 1 N–H and O–H groups in total. The number of aryl methyl sites for hydroxylation is 1. The number of hydrogen-bond acceptors (Lipinski definition) is 5. The summed E-state index contributed by atoms with van der Waals surface area (Å²) >= 11 is 0. The van der Waals surface area contributed by atoms with E-state index in [1.54, 1.807) is 41.3 Å². The number of pyridine rings is 1. The number of carbonyl (C=O) groups is 1. The summed E-state index contributed by atoms with van der Waals surface area (Å²) in [7, 11) is 0. The summed E-state index contributed by atoms with van der Waals surface area (Å²) in [4.78, 5) is 21.1. The van der Waals surface area contributed by atoms with Crippen LogP contribution < -0.4 is 5.32 Å². The molecule has 180 valence electrons. The van der Waals surface area contributed by atoms with Gasteiger partial charge in [-0.2, -0.15) is 18.3 Å². The molecule has 6 nitrogen and oxygen atoms in total. The Bertz CT molecular complexity index is 1380. The predicted octanol–water partition coefficient (Wildman–Crippen LogP) is 6.11. The number of rotatable bonds is 8. The Balaban J connectivity index is 1.54. The fourth-order valence-corrected chi connectivity index (χ4v) is 4.13. The van der Waals surface area contributed by atoms with Gasteiger partial charge in [0.15, 0.2) is 11.4 Å². The van der Waals surface area contributed by atoms with Crippen LogP contribution >= 0.6 is 0 Å². The number of aromatic nitrogens is 4. The second-order valence-electron chi connectivity index (χ2n) is 8.95. The number of carbonyl (C=O) groups excluding carboxylic acids is 1. The largest absolute Gasteiger partial charge is 0.390 e. The van der Waals surface area contributed by atoms with Crippen molar-refractivity contribution < 1.29 is 18.0 Å². The maximum Gasteiger partial charge on any atom is 0.390 e. The van der Waals surface area contributed by atoms with Crippen LogP contribution in [0.3, 0.4) is 0 Å². The summed E-state index contributed by atoms with van der Waals surface area (Å²) in [6.07, 6.45) is 2.51. The zero-order valence-corrected chi connectivity index (χ0v) is 19.1. The minimum Gasteiger partial charge on any atom is -0.382 e. The molecule has 3 aromatic heterocycles. The molecule has 1 aliphatic rings. The number of alkyl halides is 3. The van der Waals surface area contributed by atoms with Gasteiger partial charge in [0.1, 0.15) is 0 Å². The number of Topliss-reactive ketones (excluding diaryl/α,β-unsaturated/α-hetero) is 1. The molecule has 1 saturated carbocycles. The summed E-state index contributed by atoms with van der Waals surface area (Å²) in [6.45, 7) is 1.63. The van der Waals surface area contributed by atoms with Gasteiger partial charge in [0, 0.05) is 42.0 Å². The van der Waals surface area contributed by atoms with Crippen molar-refractivity contribution in [3.05, 3.63) is 66.1 Å². The van der Waals surface area contributed by atoms with Gasteiger partial charge in [-0.1, -0.05) is 12.1 Å². The van der Waals surface area contributed by atoms with Crippen molar-refractivity contribution in [1.29, 1.82) is 0 Å². The number of nitrogens with zero attached hydrogens (tertiary/aromatic N) is 4. The van der Waals surface area contributed by atoms with E-state index >= 15 is 0 Å². The van der Waals surface area contributed by atoms with Crippen molar-refractivity contribution in [2.24, 2.45) is 5.92 Å². The molecule has 9 heteroatoms. The standard InChI is InChI=1S/C26H24F3N5O/c1-16-12-19(4-5-20(16)24(35)13-17-2-3-17)23-15-32-25-22(31-11-8-26(27,28)29)14-21(33-34(23)25)18-6-9-30-10-7-18/h4-7,9-10,12,14-15,17,31H,2-3,8,11,13H2,1H3. The lowest BCUT2D eigenvalue weighted by molar-refractivity contribution is -0.131. The maximum absolute atomic E-state index is 12.7. The minimum absolute atomic E-state index is 0.156. The molecule has 1 fully saturated rings. The number of anilines is 1. The minimum atomic E-state index is -4.26. The van der Waals surface area contributed by atoms with E-state index in [9.17, 15) is 18.0 Å². The highest BCUT2D eigenvalue weighted by Gasteiger charge is 2.27. The van der Waals surface area contributed by atoms with E-state index < -0.39 is 12.6 Å². The van der Waals surface area contributed by atoms with Crippen LogP contribution in [0.1, 0.15) is 41.6 Å². The summed E-state index contributed by atoms with van der Waals surface area (Å²) in [6, 6.07) is 10.9. The molecule has 5 rings (SSSR count). The van der Waals surface area contributed by atoms with E-state index in [0.717, 1.165) is 35.1 Å². The average molecular weight is 480 g/mol. The first-order chi connectivity index (χ1) is 16.8. The normalized spacial score (nSPS) is 13.8. The highest BCUT2D eigenvalue weighted by molar-refractivity contribution is 5.98. The number of nitrogens with one attached hydrogen (secondary N) is 1. The molecule has 0 atom stereocenters. The summed E-state index contributed by atoms with van der Waals surface area (Å²) in [5, 5.41) is 7.61. The van der Waals surface area contributed by atoms with Gasteiger partial charge in [-0.05, 0) is 55.5 Å². The molecule has 0 unspecified atom stereocenters. The van der Waals surface area contributed by atoms with Crippen molar-refractivity contribution in [1.82, 2.24) is 19.6 Å². The zero-order valence-electron chi connectivity index (χ0n) is 19.1. The smallest absolute Gasteiger partial charge is 0.382 e. The van der Waals surface area contributed by atoms with Gasteiger partial charge in [0.05, 0.1) is 29.7 Å². The van der Waals surface area contributed by atoms with E-state index in [0.29, 0.717) is 35.1 Å². The van der Waals surface area contributed by atoms with E-state index in [1.807, 2.05) is 25.1 Å². The lowest BCUT2D eigenvalue weighted by Crippen LogP contribution is -2.15. The van der Waals surface area contributed by atoms with Crippen LogP contribution in [0.4, 0.5) is 18.9 Å². The molecular formula is C26H24F3N5O. The SMILES string of the molecule is Cc1cc(-c2cnc3c(NCCC(F)(F)F)cc(-c4ccncc4)nn23)ccc1C(=O)CC1CC1. The number of fused-ring (bicyclic) bond motifs is 1. The van der Waals surface area contributed by atoms with Crippen molar-refractivity contribution >= 4 is 17.1 Å². The van der Waals surface area contributed by atoms with Crippen molar-refractivity contribution in [3.63, 3.8) is 0 Å². The Hall–Kier alpha value is -3.75. The van der Waals surface area contributed by atoms with Crippen LogP contribution in [-0.4, -0.2) is 38.1 Å². The second kappa shape index (κ2) is 9.13. The van der Waals surface area contributed by atoms with Gasteiger partial charge in [0.25, 0.3) is 0 Å². The lowest BCUT2D eigenvalue weighted by Gasteiger charge is -2.13. The van der Waals surface area contributed by atoms with Crippen LogP contribution in [0.15, 0.2) is 55.0 Å². The fraction of sp³-hybridized carbons (Fsp3) is 0.308. The summed E-state index contributed by atoms with van der Waals surface area (Å²) in [5.74, 6) is 0.670. The van der Waals surface area contributed by atoms with Crippen molar-refractivity contribution in [2.45, 2.75) is 38.8 Å². The first-order valence-corrected chi connectivity index (χ1v) is 11.5. The molecule has 0 amide bonds. The van der Waals surface area contributed by atoms with Gasteiger partial charge < -0.3 is 5.32 Å². The van der Waals surface area contributed by atoms with Crippen molar-refractivity contribution in [3.8, 4) is 22.5 Å². The lowest BCUT2D eigenvalue weighted by atomic mass is 9.98. The molecule has 0 bridgehead atoms. The number of benzene rings is 1. The number of hydrogen-bond donors (Lipinski definition) is 1. The molecule has 3 heterocycles. The Morgan fingerprint density at radius 3 is 2.57 bits per heavy atom. The Kier molecular flexibility index (Phi) is 6.00. The van der Waals surface area contributed by atoms with E-state index in [2.05, 4.69) is 15.3 Å². The topological polar surface area (TPSA) is 72.2 Å². The average Bonchev–Trinajstić information content (AvgIpc) is 3.53. The molecule has 1 aliphatic carbocycles. The van der Waals surface area contributed by atoms with Gasteiger partial charge >= 0.3 is 6.18 Å². The molecule has 35 heavy (non-hydrogen) atoms. The van der Waals surface area contributed by atoms with E-state index in [-0.39, 0.29) is 12.3 Å². The second-order valence-corrected chi connectivity index (χ2v) is 8.95. The zero-order chi connectivity index (χ0) is 24.6. The molecule has 0 spiro atoms. The highest BCUT2D eigenvalue weighted by atomic mass is 19.4. The van der Waals surface area contributed by atoms with Gasteiger partial charge in [-0.25, -0.2) is 9.50 Å². The molecule has 1 aromatic carbocycles. The first-order valence-electron chi connectivity index (χ1n) is 11.5. The third-order valence-corrected chi connectivity index (χ3v) is 6.16. The monoisotopic (exact) mass is 479 g/mol. The van der Waals surface area contributed by atoms with Crippen LogP contribution in [0, 0.1) is 12.8 Å². The Morgan fingerprint density at radius 1 is 1.11 bits per heavy atom. The van der Waals surface area contributed by atoms with Gasteiger partial charge in [-0.15, -0.1) is 0 Å².